The molecule has 3 rings (SSSR count). The van der Waals surface area contributed by atoms with Crippen molar-refractivity contribution in [2.75, 3.05) is 13.1 Å². The molecular weight excluding hydrogens is 244 g/mol. The smallest absolute Gasteiger partial charge is 0.0672 e. The maximum Gasteiger partial charge on any atom is 0.0672 e. The van der Waals surface area contributed by atoms with Gasteiger partial charge in [0, 0.05) is 19.6 Å². The Kier molecular flexibility index (Phi) is 4.38. The summed E-state index contributed by atoms with van der Waals surface area (Å²) in [4.78, 5) is 2.49. The van der Waals surface area contributed by atoms with Gasteiger partial charge in [-0.15, -0.1) is 0 Å². The van der Waals surface area contributed by atoms with Gasteiger partial charge in [0.25, 0.3) is 0 Å². The van der Waals surface area contributed by atoms with E-state index in [0.29, 0.717) is 5.92 Å². The van der Waals surface area contributed by atoms with Crippen molar-refractivity contribution in [1.82, 2.24) is 4.90 Å². The molecule has 2 aliphatic rings. The number of benzene rings is 1. The highest BCUT2D eigenvalue weighted by atomic mass is 15.2. The minimum Gasteiger partial charge on any atom is -0.297 e. The molecule has 1 saturated carbocycles. The van der Waals surface area contributed by atoms with Gasteiger partial charge in [-0.25, -0.2) is 0 Å². The molecule has 1 heterocycles. The van der Waals surface area contributed by atoms with Crippen LogP contribution in [0.5, 0.6) is 0 Å². The minimum atomic E-state index is 0.252. The van der Waals surface area contributed by atoms with Crippen molar-refractivity contribution < 1.29 is 0 Å². The number of likely N-dealkylation sites (tertiary alicyclic amines) is 1. The predicted octanol–water partition coefficient (Wildman–Crippen LogP) is 3.84. The van der Waals surface area contributed by atoms with Gasteiger partial charge in [0.15, 0.2) is 0 Å². The fraction of sp³-hybridized carbons (Fsp3) is 0.611. The largest absolute Gasteiger partial charge is 0.297 e. The summed E-state index contributed by atoms with van der Waals surface area (Å²) in [5.41, 5.74) is 1.37. The highest BCUT2D eigenvalue weighted by Crippen LogP contribution is 2.38. The first-order chi connectivity index (χ1) is 9.86. The molecule has 0 N–H and O–H groups in total. The summed E-state index contributed by atoms with van der Waals surface area (Å²) in [5.74, 6) is 1.67. The van der Waals surface area contributed by atoms with Crippen LogP contribution in [0.4, 0.5) is 0 Å². The van der Waals surface area contributed by atoms with Crippen LogP contribution in [0.15, 0.2) is 30.3 Å². The van der Waals surface area contributed by atoms with Crippen LogP contribution in [0.25, 0.3) is 0 Å². The molecule has 1 aliphatic heterocycles. The minimum absolute atomic E-state index is 0.252. The lowest BCUT2D eigenvalue weighted by atomic mass is 9.76. The quantitative estimate of drug-likeness (QED) is 0.833. The molecule has 0 aromatic heterocycles. The molecule has 2 heteroatoms. The Bertz CT molecular complexity index is 456. The van der Waals surface area contributed by atoms with Crippen molar-refractivity contribution in [2.24, 2.45) is 17.8 Å². The first-order valence-electron chi connectivity index (χ1n) is 8.02. The van der Waals surface area contributed by atoms with Crippen molar-refractivity contribution in [3.8, 4) is 6.07 Å². The third-order valence-corrected chi connectivity index (χ3v) is 5.11. The van der Waals surface area contributed by atoms with Crippen LogP contribution in [0.2, 0.25) is 0 Å². The number of hydrogen-bond acceptors (Lipinski definition) is 2. The SMILES string of the molecule is N#C[C@H]1CN(Cc2ccccc2)CC1C1CCCCC1. The Balaban J connectivity index is 1.63. The van der Waals surface area contributed by atoms with E-state index in [2.05, 4.69) is 41.3 Å². The van der Waals surface area contributed by atoms with E-state index in [1.54, 1.807) is 0 Å². The van der Waals surface area contributed by atoms with Gasteiger partial charge in [0.05, 0.1) is 12.0 Å². The van der Waals surface area contributed by atoms with E-state index in [4.69, 9.17) is 0 Å². The summed E-state index contributed by atoms with van der Waals surface area (Å²) in [7, 11) is 0. The zero-order chi connectivity index (χ0) is 13.8. The van der Waals surface area contributed by atoms with Gasteiger partial charge in [0.1, 0.15) is 0 Å². The van der Waals surface area contributed by atoms with E-state index in [9.17, 15) is 5.26 Å². The standard InChI is InChI=1S/C18H24N2/c19-11-17-13-20(12-15-7-3-1-4-8-15)14-18(17)16-9-5-2-6-10-16/h1,3-4,7-8,16-18H,2,5-6,9-10,12-14H2/t17-,18?/m0/s1. The summed E-state index contributed by atoms with van der Waals surface area (Å²) in [6, 6.07) is 13.2. The zero-order valence-electron chi connectivity index (χ0n) is 12.2. The normalized spacial score (nSPS) is 28.4. The first-order valence-corrected chi connectivity index (χ1v) is 8.02. The van der Waals surface area contributed by atoms with Crippen LogP contribution in [0.3, 0.4) is 0 Å². The maximum atomic E-state index is 9.47. The molecule has 106 valence electrons. The van der Waals surface area contributed by atoms with Crippen molar-refractivity contribution in [2.45, 2.75) is 38.6 Å². The fourth-order valence-corrected chi connectivity index (χ4v) is 4.06. The van der Waals surface area contributed by atoms with E-state index in [1.807, 2.05) is 0 Å². The van der Waals surface area contributed by atoms with Gasteiger partial charge in [-0.2, -0.15) is 5.26 Å². The van der Waals surface area contributed by atoms with Crippen LogP contribution in [-0.4, -0.2) is 18.0 Å². The van der Waals surface area contributed by atoms with Crippen LogP contribution in [-0.2, 0) is 6.54 Å². The van der Waals surface area contributed by atoms with Crippen molar-refractivity contribution in [1.29, 1.82) is 5.26 Å². The second-order valence-corrected chi connectivity index (χ2v) is 6.48. The predicted molar refractivity (Wildman–Crippen MR) is 80.9 cm³/mol. The Hall–Kier alpha value is -1.33. The van der Waals surface area contributed by atoms with Crippen LogP contribution in [0.1, 0.15) is 37.7 Å². The lowest BCUT2D eigenvalue weighted by Gasteiger charge is -2.28. The van der Waals surface area contributed by atoms with Crippen molar-refractivity contribution >= 4 is 0 Å². The molecule has 2 atom stereocenters. The van der Waals surface area contributed by atoms with Gasteiger partial charge in [-0.1, -0.05) is 62.4 Å². The molecule has 1 unspecified atom stereocenters. The first kappa shape index (κ1) is 13.6. The van der Waals surface area contributed by atoms with Gasteiger partial charge in [-0.05, 0) is 17.4 Å². The third kappa shape index (κ3) is 3.04. The number of hydrogen-bond donors (Lipinski definition) is 0. The lowest BCUT2D eigenvalue weighted by molar-refractivity contribution is 0.223. The summed E-state index contributed by atoms with van der Waals surface area (Å²) in [5, 5.41) is 9.47. The number of nitrogens with zero attached hydrogens (tertiary/aromatic N) is 2. The Labute approximate surface area is 122 Å². The Morgan fingerprint density at radius 3 is 2.50 bits per heavy atom. The van der Waals surface area contributed by atoms with E-state index >= 15 is 0 Å². The van der Waals surface area contributed by atoms with E-state index in [-0.39, 0.29) is 5.92 Å². The number of nitriles is 1. The monoisotopic (exact) mass is 268 g/mol. The summed E-state index contributed by atoms with van der Waals surface area (Å²) in [6.45, 7) is 3.09. The van der Waals surface area contributed by atoms with Gasteiger partial charge in [-0.3, -0.25) is 4.90 Å². The molecule has 20 heavy (non-hydrogen) atoms. The van der Waals surface area contributed by atoms with Gasteiger partial charge in [0.2, 0.25) is 0 Å². The second kappa shape index (κ2) is 6.41. The van der Waals surface area contributed by atoms with Crippen molar-refractivity contribution in [3.05, 3.63) is 35.9 Å². The molecule has 2 fully saturated rings. The molecule has 1 saturated heterocycles. The van der Waals surface area contributed by atoms with Gasteiger partial charge >= 0.3 is 0 Å². The zero-order valence-corrected chi connectivity index (χ0v) is 12.2. The molecule has 1 aromatic rings. The molecule has 0 bridgehead atoms. The molecule has 0 spiro atoms. The Morgan fingerprint density at radius 1 is 1.05 bits per heavy atom. The summed E-state index contributed by atoms with van der Waals surface area (Å²) >= 11 is 0. The molecule has 1 aliphatic carbocycles. The topological polar surface area (TPSA) is 27.0 Å². The Morgan fingerprint density at radius 2 is 1.80 bits per heavy atom. The highest BCUT2D eigenvalue weighted by molar-refractivity contribution is 5.15. The second-order valence-electron chi connectivity index (χ2n) is 6.48. The number of rotatable bonds is 3. The van der Waals surface area contributed by atoms with Crippen LogP contribution < -0.4 is 0 Å². The van der Waals surface area contributed by atoms with Crippen LogP contribution >= 0.6 is 0 Å². The van der Waals surface area contributed by atoms with Gasteiger partial charge < -0.3 is 0 Å². The van der Waals surface area contributed by atoms with E-state index in [0.717, 1.165) is 25.6 Å². The fourth-order valence-electron chi connectivity index (χ4n) is 4.06. The molecule has 1 aromatic carbocycles. The summed E-state index contributed by atoms with van der Waals surface area (Å²) in [6.07, 6.45) is 6.84. The third-order valence-electron chi connectivity index (χ3n) is 5.11. The maximum absolute atomic E-state index is 9.47. The molecule has 0 amide bonds. The average Bonchev–Trinajstić information content (AvgIpc) is 2.92. The highest BCUT2D eigenvalue weighted by Gasteiger charge is 2.38. The van der Waals surface area contributed by atoms with E-state index < -0.39 is 0 Å². The average molecular weight is 268 g/mol. The molecule has 2 nitrogen and oxygen atoms in total. The van der Waals surface area contributed by atoms with Crippen LogP contribution in [0, 0.1) is 29.1 Å². The summed E-state index contributed by atoms with van der Waals surface area (Å²) < 4.78 is 0. The van der Waals surface area contributed by atoms with Crippen molar-refractivity contribution in [3.63, 3.8) is 0 Å². The van der Waals surface area contributed by atoms with E-state index in [1.165, 1.54) is 37.7 Å². The molecule has 0 radical (unpaired) electrons. The molecular formula is C18H24N2. The lowest BCUT2D eigenvalue weighted by Crippen LogP contribution is -2.25.